The molecule has 1 saturated heterocycles. The SMILES string of the molecule is CN1CCC[C@@H]1COc1ccc(Cl)nc1-c1cncnc1.Cl. The van der Waals surface area contributed by atoms with E-state index in [4.69, 9.17) is 16.3 Å². The van der Waals surface area contributed by atoms with Crippen LogP contribution in [-0.4, -0.2) is 46.1 Å². The van der Waals surface area contributed by atoms with Gasteiger partial charge in [-0.25, -0.2) is 15.0 Å². The van der Waals surface area contributed by atoms with Gasteiger partial charge in [-0.05, 0) is 38.6 Å². The number of nitrogens with zero attached hydrogens (tertiary/aromatic N) is 4. The average molecular weight is 341 g/mol. The fourth-order valence-corrected chi connectivity index (χ4v) is 2.69. The van der Waals surface area contributed by atoms with Crippen LogP contribution in [0.5, 0.6) is 5.75 Å². The number of aromatic nitrogens is 3. The topological polar surface area (TPSA) is 51.1 Å². The number of hydrogen-bond donors (Lipinski definition) is 0. The average Bonchev–Trinajstić information content (AvgIpc) is 2.92. The maximum absolute atomic E-state index is 6.00. The number of halogens is 2. The van der Waals surface area contributed by atoms with Gasteiger partial charge in [-0.2, -0.15) is 0 Å². The number of likely N-dealkylation sites (tertiary alicyclic amines) is 1. The van der Waals surface area contributed by atoms with Crippen molar-refractivity contribution >= 4 is 24.0 Å². The highest BCUT2D eigenvalue weighted by Gasteiger charge is 2.22. The van der Waals surface area contributed by atoms with E-state index in [9.17, 15) is 0 Å². The van der Waals surface area contributed by atoms with Crippen LogP contribution in [0.3, 0.4) is 0 Å². The molecule has 22 heavy (non-hydrogen) atoms. The molecule has 1 aliphatic rings. The first kappa shape index (κ1) is 16.9. The van der Waals surface area contributed by atoms with E-state index >= 15 is 0 Å². The summed E-state index contributed by atoms with van der Waals surface area (Å²) in [4.78, 5) is 14.7. The van der Waals surface area contributed by atoms with Crippen LogP contribution in [0.25, 0.3) is 11.3 Å². The molecule has 3 heterocycles. The number of ether oxygens (including phenoxy) is 1. The lowest BCUT2D eigenvalue weighted by atomic mass is 10.2. The summed E-state index contributed by atoms with van der Waals surface area (Å²) in [6.45, 7) is 1.78. The Balaban J connectivity index is 0.00000176. The zero-order valence-electron chi connectivity index (χ0n) is 12.3. The van der Waals surface area contributed by atoms with Crippen LogP contribution in [0.15, 0.2) is 30.9 Å². The summed E-state index contributed by atoms with van der Waals surface area (Å²) in [5.74, 6) is 0.717. The standard InChI is InChI=1S/C15H17ClN4O.ClH/c1-20-6-2-3-12(20)9-21-13-4-5-14(16)19-15(13)11-7-17-10-18-8-11;/h4-5,7-8,10,12H,2-3,6,9H2,1H3;1H/t12-;/m1./s1. The summed E-state index contributed by atoms with van der Waals surface area (Å²) >= 11 is 6.00. The normalized spacial score (nSPS) is 18.0. The second-order valence-corrected chi connectivity index (χ2v) is 5.58. The van der Waals surface area contributed by atoms with Crippen molar-refractivity contribution in [3.05, 3.63) is 36.0 Å². The fraction of sp³-hybridized carbons (Fsp3) is 0.400. The molecule has 0 amide bonds. The van der Waals surface area contributed by atoms with Crippen molar-refractivity contribution in [2.45, 2.75) is 18.9 Å². The molecule has 7 heteroatoms. The van der Waals surface area contributed by atoms with Crippen LogP contribution >= 0.6 is 24.0 Å². The van der Waals surface area contributed by atoms with E-state index in [2.05, 4.69) is 26.9 Å². The van der Waals surface area contributed by atoms with Crippen LogP contribution in [0.4, 0.5) is 0 Å². The zero-order valence-corrected chi connectivity index (χ0v) is 13.8. The van der Waals surface area contributed by atoms with Gasteiger partial charge in [0.1, 0.15) is 29.5 Å². The highest BCUT2D eigenvalue weighted by molar-refractivity contribution is 6.29. The van der Waals surface area contributed by atoms with Gasteiger partial charge in [0.05, 0.1) is 0 Å². The van der Waals surface area contributed by atoms with Crippen molar-refractivity contribution in [3.8, 4) is 17.0 Å². The molecule has 0 aromatic carbocycles. The molecule has 2 aromatic heterocycles. The predicted octanol–water partition coefficient (Wildman–Crippen LogP) is 3.09. The summed E-state index contributed by atoms with van der Waals surface area (Å²) in [7, 11) is 2.13. The first-order valence-electron chi connectivity index (χ1n) is 6.99. The molecule has 0 spiro atoms. The second-order valence-electron chi connectivity index (χ2n) is 5.20. The molecule has 2 aromatic rings. The van der Waals surface area contributed by atoms with Gasteiger partial charge in [0.15, 0.2) is 0 Å². The summed E-state index contributed by atoms with van der Waals surface area (Å²) in [6.07, 6.45) is 7.30. The van der Waals surface area contributed by atoms with Crippen molar-refractivity contribution < 1.29 is 4.74 Å². The van der Waals surface area contributed by atoms with Crippen LogP contribution in [0, 0.1) is 0 Å². The maximum atomic E-state index is 6.00. The molecule has 0 saturated carbocycles. The van der Waals surface area contributed by atoms with Gasteiger partial charge < -0.3 is 9.64 Å². The Morgan fingerprint density at radius 1 is 1.32 bits per heavy atom. The van der Waals surface area contributed by atoms with E-state index in [0.29, 0.717) is 23.5 Å². The lowest BCUT2D eigenvalue weighted by Crippen LogP contribution is -2.30. The minimum Gasteiger partial charge on any atom is -0.490 e. The zero-order chi connectivity index (χ0) is 14.7. The van der Waals surface area contributed by atoms with Gasteiger partial charge in [-0.1, -0.05) is 11.6 Å². The molecule has 1 atom stereocenters. The van der Waals surface area contributed by atoms with E-state index in [-0.39, 0.29) is 12.4 Å². The van der Waals surface area contributed by atoms with E-state index in [1.807, 2.05) is 6.07 Å². The number of likely N-dealkylation sites (N-methyl/N-ethyl adjacent to an activating group) is 1. The van der Waals surface area contributed by atoms with Gasteiger partial charge in [0.2, 0.25) is 0 Å². The highest BCUT2D eigenvalue weighted by atomic mass is 35.5. The van der Waals surface area contributed by atoms with Crippen molar-refractivity contribution in [3.63, 3.8) is 0 Å². The van der Waals surface area contributed by atoms with E-state index < -0.39 is 0 Å². The number of rotatable bonds is 4. The van der Waals surface area contributed by atoms with E-state index in [1.165, 1.54) is 19.2 Å². The molecule has 3 rings (SSSR count). The van der Waals surface area contributed by atoms with Gasteiger partial charge >= 0.3 is 0 Å². The summed E-state index contributed by atoms with van der Waals surface area (Å²) < 4.78 is 5.98. The second kappa shape index (κ2) is 7.72. The van der Waals surface area contributed by atoms with Crippen LogP contribution in [0.2, 0.25) is 5.15 Å². The Bertz CT molecular complexity index is 612. The van der Waals surface area contributed by atoms with Gasteiger partial charge in [0.25, 0.3) is 0 Å². The predicted molar refractivity (Wildman–Crippen MR) is 88.7 cm³/mol. The summed E-state index contributed by atoms with van der Waals surface area (Å²) in [5.41, 5.74) is 1.48. The monoisotopic (exact) mass is 340 g/mol. The summed E-state index contributed by atoms with van der Waals surface area (Å²) in [6, 6.07) is 4.05. The van der Waals surface area contributed by atoms with Crippen LogP contribution in [0.1, 0.15) is 12.8 Å². The summed E-state index contributed by atoms with van der Waals surface area (Å²) in [5, 5.41) is 0.430. The van der Waals surface area contributed by atoms with Crippen LogP contribution in [-0.2, 0) is 0 Å². The molecule has 118 valence electrons. The molecule has 1 fully saturated rings. The smallest absolute Gasteiger partial charge is 0.145 e. The molecule has 5 nitrogen and oxygen atoms in total. The van der Waals surface area contributed by atoms with Crippen molar-refractivity contribution in [2.75, 3.05) is 20.2 Å². The Morgan fingerprint density at radius 2 is 2.09 bits per heavy atom. The third-order valence-electron chi connectivity index (χ3n) is 3.76. The van der Waals surface area contributed by atoms with Gasteiger partial charge in [0, 0.05) is 24.0 Å². The molecule has 1 aliphatic heterocycles. The maximum Gasteiger partial charge on any atom is 0.145 e. The minimum absolute atomic E-state index is 0. The molecule has 0 N–H and O–H groups in total. The van der Waals surface area contributed by atoms with Crippen LogP contribution < -0.4 is 4.74 Å². The van der Waals surface area contributed by atoms with E-state index in [0.717, 1.165) is 17.9 Å². The Kier molecular flexibility index (Phi) is 5.94. The highest BCUT2D eigenvalue weighted by Crippen LogP contribution is 2.29. The van der Waals surface area contributed by atoms with Crippen molar-refractivity contribution in [1.82, 2.24) is 19.9 Å². The molecular weight excluding hydrogens is 323 g/mol. The lowest BCUT2D eigenvalue weighted by molar-refractivity contribution is 0.198. The van der Waals surface area contributed by atoms with Crippen molar-refractivity contribution in [1.29, 1.82) is 0 Å². The largest absolute Gasteiger partial charge is 0.490 e. The molecule has 0 bridgehead atoms. The lowest BCUT2D eigenvalue weighted by Gasteiger charge is -2.20. The van der Waals surface area contributed by atoms with E-state index in [1.54, 1.807) is 18.5 Å². The molecule has 0 aliphatic carbocycles. The van der Waals surface area contributed by atoms with Crippen molar-refractivity contribution in [2.24, 2.45) is 0 Å². The number of hydrogen-bond acceptors (Lipinski definition) is 5. The molecule has 0 unspecified atom stereocenters. The Labute approximate surface area is 141 Å². The first-order chi connectivity index (χ1) is 10.2. The number of pyridine rings is 1. The Hall–Kier alpha value is -1.43. The Morgan fingerprint density at radius 3 is 2.77 bits per heavy atom. The molecule has 0 radical (unpaired) electrons. The van der Waals surface area contributed by atoms with Gasteiger partial charge in [-0.15, -0.1) is 12.4 Å². The fourth-order valence-electron chi connectivity index (χ4n) is 2.54. The third-order valence-corrected chi connectivity index (χ3v) is 3.97. The third kappa shape index (κ3) is 3.85. The van der Waals surface area contributed by atoms with Gasteiger partial charge in [-0.3, -0.25) is 0 Å². The quantitative estimate of drug-likeness (QED) is 0.800. The minimum atomic E-state index is 0. The first-order valence-corrected chi connectivity index (χ1v) is 7.37. The molecular formula is C15H18Cl2N4O.